The molecule has 0 bridgehead atoms. The number of nitrogens with one attached hydrogen (secondary N) is 1. The number of hydrogen-bond donors (Lipinski definition) is 2. The number of benzene rings is 1. The lowest BCUT2D eigenvalue weighted by atomic mass is 9.92. The maximum Gasteiger partial charge on any atom is 0.220 e. The van der Waals surface area contributed by atoms with Gasteiger partial charge in [0.2, 0.25) is 5.91 Å². The molecule has 0 aliphatic carbocycles. The summed E-state index contributed by atoms with van der Waals surface area (Å²) in [5.41, 5.74) is 6.70. The van der Waals surface area contributed by atoms with Crippen LogP contribution in [0.4, 0.5) is 0 Å². The van der Waals surface area contributed by atoms with Gasteiger partial charge in [-0.3, -0.25) is 4.79 Å². The Kier molecular flexibility index (Phi) is 6.52. The van der Waals surface area contributed by atoms with E-state index >= 15 is 0 Å². The van der Waals surface area contributed by atoms with Crippen molar-refractivity contribution in [1.82, 2.24) is 5.32 Å². The Balaban J connectivity index is 2.52. The summed E-state index contributed by atoms with van der Waals surface area (Å²) >= 11 is 3.43. The van der Waals surface area contributed by atoms with Crippen molar-refractivity contribution in [1.29, 1.82) is 0 Å². The highest BCUT2D eigenvalue weighted by molar-refractivity contribution is 9.10. The zero-order valence-corrected chi connectivity index (χ0v) is 13.3. The molecular weight excluding hydrogens is 304 g/mol. The topological polar surface area (TPSA) is 55.1 Å². The van der Waals surface area contributed by atoms with Gasteiger partial charge in [0.1, 0.15) is 0 Å². The molecule has 0 unspecified atom stereocenters. The van der Waals surface area contributed by atoms with Gasteiger partial charge in [0.25, 0.3) is 0 Å². The normalized spacial score (nSPS) is 11.4. The van der Waals surface area contributed by atoms with E-state index < -0.39 is 0 Å². The highest BCUT2D eigenvalue weighted by Crippen LogP contribution is 2.15. The molecule has 0 radical (unpaired) electrons. The van der Waals surface area contributed by atoms with Crippen molar-refractivity contribution in [2.24, 2.45) is 5.73 Å². The van der Waals surface area contributed by atoms with Gasteiger partial charge in [0.15, 0.2) is 0 Å². The average Bonchev–Trinajstić information content (AvgIpc) is 2.43. The number of aryl methyl sites for hydroxylation is 1. The first-order chi connectivity index (χ1) is 9.05. The molecule has 106 valence electrons. The standard InChI is InChI=1S/C15H23BrN2O/c1-3-15(4-2,11-17)18-14(19)9-8-12-6-5-7-13(16)10-12/h5-7,10H,3-4,8-9,11,17H2,1-2H3,(H,18,19). The lowest BCUT2D eigenvalue weighted by molar-refractivity contribution is -0.123. The summed E-state index contributed by atoms with van der Waals surface area (Å²) in [6.45, 7) is 4.61. The quantitative estimate of drug-likeness (QED) is 0.809. The first kappa shape index (κ1) is 16.2. The van der Waals surface area contributed by atoms with Crippen molar-refractivity contribution in [3.63, 3.8) is 0 Å². The number of carbonyl (C=O) groups is 1. The van der Waals surface area contributed by atoms with Crippen molar-refractivity contribution in [2.75, 3.05) is 6.54 Å². The number of carbonyl (C=O) groups excluding carboxylic acids is 1. The molecule has 1 amide bonds. The molecule has 0 saturated heterocycles. The number of rotatable bonds is 7. The molecular formula is C15H23BrN2O. The summed E-state index contributed by atoms with van der Waals surface area (Å²) in [6.07, 6.45) is 2.98. The largest absolute Gasteiger partial charge is 0.349 e. The molecule has 0 aromatic heterocycles. The Morgan fingerprint density at radius 1 is 1.37 bits per heavy atom. The lowest BCUT2D eigenvalue weighted by Gasteiger charge is -2.31. The molecule has 4 heteroatoms. The van der Waals surface area contributed by atoms with E-state index in [2.05, 4.69) is 35.1 Å². The second-order valence-electron chi connectivity index (χ2n) is 4.87. The van der Waals surface area contributed by atoms with Crippen LogP contribution in [0, 0.1) is 0 Å². The number of nitrogens with two attached hydrogens (primary N) is 1. The first-order valence-corrected chi connectivity index (χ1v) is 7.60. The predicted octanol–water partition coefficient (Wildman–Crippen LogP) is 3.02. The Labute approximate surface area is 124 Å². The predicted molar refractivity (Wildman–Crippen MR) is 83.0 cm³/mol. The van der Waals surface area contributed by atoms with E-state index in [-0.39, 0.29) is 11.4 Å². The van der Waals surface area contributed by atoms with Gasteiger partial charge < -0.3 is 11.1 Å². The third-order valence-electron chi connectivity index (χ3n) is 3.68. The fraction of sp³-hybridized carbons (Fsp3) is 0.533. The van der Waals surface area contributed by atoms with Gasteiger partial charge in [0.05, 0.1) is 5.54 Å². The van der Waals surface area contributed by atoms with Crippen molar-refractivity contribution in [2.45, 2.75) is 45.1 Å². The van der Waals surface area contributed by atoms with Crippen LogP contribution in [0.2, 0.25) is 0 Å². The molecule has 0 atom stereocenters. The molecule has 0 spiro atoms. The summed E-state index contributed by atoms with van der Waals surface area (Å²) in [6, 6.07) is 8.05. The van der Waals surface area contributed by atoms with Crippen LogP contribution in [-0.4, -0.2) is 18.0 Å². The molecule has 1 aromatic carbocycles. The zero-order chi connectivity index (χ0) is 14.3. The van der Waals surface area contributed by atoms with Gasteiger partial charge in [-0.2, -0.15) is 0 Å². The second kappa shape index (κ2) is 7.65. The summed E-state index contributed by atoms with van der Waals surface area (Å²) < 4.78 is 1.05. The molecule has 0 saturated carbocycles. The SMILES string of the molecule is CCC(CC)(CN)NC(=O)CCc1cccc(Br)c1. The van der Waals surface area contributed by atoms with E-state index in [1.165, 1.54) is 0 Å². The molecule has 0 aliphatic rings. The molecule has 0 aliphatic heterocycles. The van der Waals surface area contributed by atoms with Gasteiger partial charge in [-0.15, -0.1) is 0 Å². The Morgan fingerprint density at radius 3 is 2.58 bits per heavy atom. The van der Waals surface area contributed by atoms with E-state index in [9.17, 15) is 4.79 Å². The molecule has 1 aromatic rings. The summed E-state index contributed by atoms with van der Waals surface area (Å²) in [5.74, 6) is 0.0779. The van der Waals surface area contributed by atoms with E-state index in [1.807, 2.05) is 24.3 Å². The summed E-state index contributed by atoms with van der Waals surface area (Å²) in [7, 11) is 0. The third-order valence-corrected chi connectivity index (χ3v) is 4.17. The lowest BCUT2D eigenvalue weighted by Crippen LogP contribution is -2.52. The molecule has 0 heterocycles. The minimum Gasteiger partial charge on any atom is -0.349 e. The van der Waals surface area contributed by atoms with Crippen LogP contribution < -0.4 is 11.1 Å². The van der Waals surface area contributed by atoms with Crippen LogP contribution in [-0.2, 0) is 11.2 Å². The molecule has 3 N–H and O–H groups in total. The van der Waals surface area contributed by atoms with Gasteiger partial charge in [-0.1, -0.05) is 41.9 Å². The highest BCUT2D eigenvalue weighted by atomic mass is 79.9. The third kappa shape index (κ3) is 4.96. The zero-order valence-electron chi connectivity index (χ0n) is 11.7. The van der Waals surface area contributed by atoms with Gasteiger partial charge in [-0.05, 0) is 37.0 Å². The van der Waals surface area contributed by atoms with Crippen LogP contribution in [0.15, 0.2) is 28.7 Å². The van der Waals surface area contributed by atoms with E-state index in [1.54, 1.807) is 0 Å². The fourth-order valence-corrected chi connectivity index (χ4v) is 2.52. The number of hydrogen-bond acceptors (Lipinski definition) is 2. The molecule has 1 rings (SSSR count). The second-order valence-corrected chi connectivity index (χ2v) is 5.79. The minimum absolute atomic E-state index is 0.0779. The van der Waals surface area contributed by atoms with Gasteiger partial charge in [0, 0.05) is 17.4 Å². The van der Waals surface area contributed by atoms with Crippen molar-refractivity contribution in [3.8, 4) is 0 Å². The minimum atomic E-state index is -0.242. The Bertz CT molecular complexity index is 408. The maximum absolute atomic E-state index is 12.0. The monoisotopic (exact) mass is 326 g/mol. The summed E-state index contributed by atoms with van der Waals surface area (Å²) in [5, 5.41) is 3.09. The molecule has 19 heavy (non-hydrogen) atoms. The highest BCUT2D eigenvalue weighted by Gasteiger charge is 2.25. The average molecular weight is 327 g/mol. The van der Waals surface area contributed by atoms with E-state index in [0.29, 0.717) is 13.0 Å². The Morgan fingerprint density at radius 2 is 2.05 bits per heavy atom. The molecule has 3 nitrogen and oxygen atoms in total. The van der Waals surface area contributed by atoms with Crippen LogP contribution in [0.5, 0.6) is 0 Å². The van der Waals surface area contributed by atoms with Crippen LogP contribution in [0.3, 0.4) is 0 Å². The fourth-order valence-electron chi connectivity index (χ4n) is 2.08. The van der Waals surface area contributed by atoms with Crippen LogP contribution in [0.1, 0.15) is 38.7 Å². The van der Waals surface area contributed by atoms with Crippen molar-refractivity contribution < 1.29 is 4.79 Å². The number of amides is 1. The maximum atomic E-state index is 12.0. The van der Waals surface area contributed by atoms with Crippen molar-refractivity contribution in [3.05, 3.63) is 34.3 Å². The molecule has 0 fully saturated rings. The van der Waals surface area contributed by atoms with E-state index in [4.69, 9.17) is 5.73 Å². The summed E-state index contributed by atoms with van der Waals surface area (Å²) in [4.78, 5) is 12.0. The van der Waals surface area contributed by atoms with E-state index in [0.717, 1.165) is 29.3 Å². The van der Waals surface area contributed by atoms with Crippen LogP contribution >= 0.6 is 15.9 Å². The van der Waals surface area contributed by atoms with Crippen molar-refractivity contribution >= 4 is 21.8 Å². The van der Waals surface area contributed by atoms with Gasteiger partial charge in [-0.25, -0.2) is 0 Å². The Hall–Kier alpha value is -0.870. The number of halogens is 1. The first-order valence-electron chi connectivity index (χ1n) is 6.80. The smallest absolute Gasteiger partial charge is 0.220 e. The van der Waals surface area contributed by atoms with Crippen LogP contribution in [0.25, 0.3) is 0 Å². The van der Waals surface area contributed by atoms with Gasteiger partial charge >= 0.3 is 0 Å².